The van der Waals surface area contributed by atoms with Crippen molar-refractivity contribution in [1.29, 1.82) is 0 Å². The van der Waals surface area contributed by atoms with Crippen molar-refractivity contribution in [1.82, 2.24) is 0 Å². The Kier molecular flexibility index (Phi) is 5.40. The van der Waals surface area contributed by atoms with E-state index in [-0.39, 0.29) is 5.97 Å². The maximum absolute atomic E-state index is 11.3. The smallest absolute Gasteiger partial charge is 0.306 e. The minimum Gasteiger partial charge on any atom is -0.497 e. The Morgan fingerprint density at radius 1 is 1.25 bits per heavy atom. The van der Waals surface area contributed by atoms with Gasteiger partial charge in [-0.05, 0) is 24.1 Å². The van der Waals surface area contributed by atoms with E-state index >= 15 is 0 Å². The molecule has 0 atom stereocenters. The maximum Gasteiger partial charge on any atom is 0.306 e. The Balaban J connectivity index is 2.33. The summed E-state index contributed by atoms with van der Waals surface area (Å²) in [6.07, 6.45) is 2.41. The van der Waals surface area contributed by atoms with Crippen LogP contribution < -0.4 is 4.74 Å². The van der Waals surface area contributed by atoms with Gasteiger partial charge in [-0.1, -0.05) is 25.5 Å². The molecule has 0 radical (unpaired) electrons. The van der Waals surface area contributed by atoms with E-state index in [0.29, 0.717) is 13.0 Å². The third-order valence-electron chi connectivity index (χ3n) is 2.29. The van der Waals surface area contributed by atoms with Crippen molar-refractivity contribution in [3.8, 4) is 5.75 Å². The summed E-state index contributed by atoms with van der Waals surface area (Å²) in [5.41, 5.74) is 0.977. The molecule has 3 heteroatoms. The third kappa shape index (κ3) is 4.34. The first kappa shape index (κ1) is 12.6. The van der Waals surface area contributed by atoms with Crippen LogP contribution in [0.15, 0.2) is 24.3 Å². The van der Waals surface area contributed by atoms with Crippen molar-refractivity contribution in [2.75, 3.05) is 7.11 Å². The summed E-state index contributed by atoms with van der Waals surface area (Å²) in [7, 11) is 1.62. The van der Waals surface area contributed by atoms with Gasteiger partial charge in [0.1, 0.15) is 12.4 Å². The molecule has 1 aromatic carbocycles. The number of hydrogen-bond donors (Lipinski definition) is 0. The van der Waals surface area contributed by atoms with Crippen LogP contribution in [0.5, 0.6) is 5.75 Å². The second kappa shape index (κ2) is 6.88. The van der Waals surface area contributed by atoms with E-state index in [0.717, 1.165) is 24.2 Å². The van der Waals surface area contributed by atoms with Gasteiger partial charge in [0, 0.05) is 6.42 Å². The molecule has 0 N–H and O–H groups in total. The number of unbranched alkanes of at least 4 members (excludes halogenated alkanes) is 1. The van der Waals surface area contributed by atoms with E-state index < -0.39 is 0 Å². The number of esters is 1. The van der Waals surface area contributed by atoms with Crippen LogP contribution in [0, 0.1) is 0 Å². The van der Waals surface area contributed by atoms with Crippen LogP contribution >= 0.6 is 0 Å². The molecule has 0 saturated carbocycles. The molecule has 0 saturated heterocycles. The van der Waals surface area contributed by atoms with Gasteiger partial charge in [0.15, 0.2) is 0 Å². The molecule has 0 aromatic heterocycles. The molecule has 0 unspecified atom stereocenters. The summed E-state index contributed by atoms with van der Waals surface area (Å²) in [5, 5.41) is 0. The summed E-state index contributed by atoms with van der Waals surface area (Å²) < 4.78 is 10.2. The fourth-order valence-electron chi connectivity index (χ4n) is 1.28. The first-order valence-corrected chi connectivity index (χ1v) is 5.54. The number of hydrogen-bond acceptors (Lipinski definition) is 3. The SMILES string of the molecule is CCCCC(=O)OCc1ccc(OC)cc1. The fourth-order valence-corrected chi connectivity index (χ4v) is 1.28. The highest BCUT2D eigenvalue weighted by Crippen LogP contribution is 2.12. The molecule has 0 aliphatic carbocycles. The molecule has 1 rings (SSSR count). The predicted octanol–water partition coefficient (Wildman–Crippen LogP) is 2.93. The van der Waals surface area contributed by atoms with Gasteiger partial charge in [0.05, 0.1) is 7.11 Å². The summed E-state index contributed by atoms with van der Waals surface area (Å²) in [5.74, 6) is 0.679. The van der Waals surface area contributed by atoms with E-state index in [9.17, 15) is 4.79 Å². The lowest BCUT2D eigenvalue weighted by atomic mass is 10.2. The lowest BCUT2D eigenvalue weighted by Crippen LogP contribution is -2.03. The van der Waals surface area contributed by atoms with Gasteiger partial charge in [-0.2, -0.15) is 0 Å². The number of carbonyl (C=O) groups is 1. The van der Waals surface area contributed by atoms with Crippen LogP contribution in [0.1, 0.15) is 31.7 Å². The molecule has 0 aliphatic rings. The van der Waals surface area contributed by atoms with E-state index in [1.165, 1.54) is 0 Å². The topological polar surface area (TPSA) is 35.5 Å². The van der Waals surface area contributed by atoms with E-state index in [2.05, 4.69) is 6.92 Å². The Bertz CT molecular complexity index is 316. The zero-order chi connectivity index (χ0) is 11.8. The molecule has 3 nitrogen and oxygen atoms in total. The number of methoxy groups -OCH3 is 1. The van der Waals surface area contributed by atoms with Crippen LogP contribution in [0.4, 0.5) is 0 Å². The van der Waals surface area contributed by atoms with Gasteiger partial charge in [-0.3, -0.25) is 4.79 Å². The van der Waals surface area contributed by atoms with Crippen molar-refractivity contribution in [2.24, 2.45) is 0 Å². The third-order valence-corrected chi connectivity index (χ3v) is 2.29. The Morgan fingerprint density at radius 3 is 2.50 bits per heavy atom. The van der Waals surface area contributed by atoms with Gasteiger partial charge in [0.25, 0.3) is 0 Å². The molecule has 0 bridgehead atoms. The predicted molar refractivity (Wildman–Crippen MR) is 62.3 cm³/mol. The van der Waals surface area contributed by atoms with Crippen molar-refractivity contribution in [3.63, 3.8) is 0 Å². The van der Waals surface area contributed by atoms with E-state index in [1.54, 1.807) is 7.11 Å². The normalized spacial score (nSPS) is 9.88. The monoisotopic (exact) mass is 222 g/mol. The first-order valence-electron chi connectivity index (χ1n) is 5.54. The zero-order valence-corrected chi connectivity index (χ0v) is 9.86. The highest BCUT2D eigenvalue weighted by molar-refractivity contribution is 5.69. The molecule has 0 fully saturated rings. The van der Waals surface area contributed by atoms with E-state index in [1.807, 2.05) is 24.3 Å². The summed E-state index contributed by atoms with van der Waals surface area (Å²) >= 11 is 0. The molecule has 0 heterocycles. The van der Waals surface area contributed by atoms with Gasteiger partial charge in [-0.15, -0.1) is 0 Å². The first-order chi connectivity index (χ1) is 7.76. The molecular weight excluding hydrogens is 204 g/mol. The maximum atomic E-state index is 11.3. The molecule has 0 amide bonds. The van der Waals surface area contributed by atoms with Crippen LogP contribution in [-0.2, 0) is 16.1 Å². The Hall–Kier alpha value is -1.51. The molecule has 0 aliphatic heterocycles. The quantitative estimate of drug-likeness (QED) is 0.694. The Morgan fingerprint density at radius 2 is 1.94 bits per heavy atom. The highest BCUT2D eigenvalue weighted by Gasteiger charge is 2.02. The van der Waals surface area contributed by atoms with Crippen molar-refractivity contribution in [3.05, 3.63) is 29.8 Å². The van der Waals surface area contributed by atoms with E-state index in [4.69, 9.17) is 9.47 Å². The fraction of sp³-hybridized carbons (Fsp3) is 0.462. The van der Waals surface area contributed by atoms with Gasteiger partial charge in [0.2, 0.25) is 0 Å². The highest BCUT2D eigenvalue weighted by atomic mass is 16.5. The minimum absolute atomic E-state index is 0.127. The van der Waals surface area contributed by atoms with Crippen LogP contribution in [0.3, 0.4) is 0 Å². The molecule has 16 heavy (non-hydrogen) atoms. The second-order valence-electron chi connectivity index (χ2n) is 3.61. The molecule has 88 valence electrons. The zero-order valence-electron chi connectivity index (χ0n) is 9.86. The Labute approximate surface area is 96.4 Å². The van der Waals surface area contributed by atoms with Gasteiger partial charge >= 0.3 is 5.97 Å². The lowest BCUT2D eigenvalue weighted by molar-refractivity contribution is -0.145. The average molecular weight is 222 g/mol. The lowest BCUT2D eigenvalue weighted by Gasteiger charge is -2.05. The number of carbonyl (C=O) groups excluding carboxylic acids is 1. The number of benzene rings is 1. The largest absolute Gasteiger partial charge is 0.497 e. The summed E-state index contributed by atoms with van der Waals surface area (Å²) in [4.78, 5) is 11.3. The number of rotatable bonds is 6. The van der Waals surface area contributed by atoms with Crippen LogP contribution in [0.25, 0.3) is 0 Å². The van der Waals surface area contributed by atoms with Gasteiger partial charge < -0.3 is 9.47 Å². The number of ether oxygens (including phenoxy) is 2. The molecule has 1 aromatic rings. The van der Waals surface area contributed by atoms with Crippen LogP contribution in [0.2, 0.25) is 0 Å². The van der Waals surface area contributed by atoms with Crippen LogP contribution in [-0.4, -0.2) is 13.1 Å². The summed E-state index contributed by atoms with van der Waals surface area (Å²) in [6.45, 7) is 2.39. The summed E-state index contributed by atoms with van der Waals surface area (Å²) in [6, 6.07) is 7.50. The van der Waals surface area contributed by atoms with Gasteiger partial charge in [-0.25, -0.2) is 0 Å². The van der Waals surface area contributed by atoms with Crippen molar-refractivity contribution in [2.45, 2.75) is 32.8 Å². The minimum atomic E-state index is -0.127. The molecule has 0 spiro atoms. The second-order valence-corrected chi connectivity index (χ2v) is 3.61. The van der Waals surface area contributed by atoms with Crippen molar-refractivity contribution < 1.29 is 14.3 Å². The molecular formula is C13H18O3. The van der Waals surface area contributed by atoms with Crippen molar-refractivity contribution >= 4 is 5.97 Å². The standard InChI is InChI=1S/C13H18O3/c1-3-4-5-13(14)16-10-11-6-8-12(15-2)9-7-11/h6-9H,3-5,10H2,1-2H3. The average Bonchev–Trinajstić information content (AvgIpc) is 2.34.